The minimum atomic E-state index is 0. The largest absolute Gasteiger partial charge is 0.496 e. The Kier molecular flexibility index (Phi) is 7.71. The number of nitrogens with two attached hydrogens (primary N) is 1. The minimum absolute atomic E-state index is 0. The summed E-state index contributed by atoms with van der Waals surface area (Å²) in [6.45, 7) is 8.31. The fourth-order valence-electron chi connectivity index (χ4n) is 3.34. The molecule has 0 aromatic heterocycles. The highest BCUT2D eigenvalue weighted by molar-refractivity contribution is 5.85. The maximum atomic E-state index is 5.77. The van der Waals surface area contributed by atoms with Gasteiger partial charge in [0.1, 0.15) is 5.75 Å². The third-order valence-electron chi connectivity index (χ3n) is 4.55. The highest BCUT2D eigenvalue weighted by atomic mass is 35.5. The van der Waals surface area contributed by atoms with Crippen molar-refractivity contribution in [3.63, 3.8) is 0 Å². The van der Waals surface area contributed by atoms with Crippen molar-refractivity contribution in [3.8, 4) is 5.75 Å². The highest BCUT2D eigenvalue weighted by Gasteiger charge is 2.18. The number of piperazine rings is 1. The number of nitrogens with zero attached hydrogens (tertiary/aromatic N) is 2. The van der Waals surface area contributed by atoms with Crippen LogP contribution >= 0.6 is 24.8 Å². The van der Waals surface area contributed by atoms with Crippen LogP contribution in [0.1, 0.15) is 11.1 Å². The number of benzene rings is 2. The van der Waals surface area contributed by atoms with Crippen LogP contribution in [0.15, 0.2) is 36.4 Å². The van der Waals surface area contributed by atoms with Crippen LogP contribution in [0.4, 0.5) is 17.1 Å². The van der Waals surface area contributed by atoms with E-state index in [1.54, 1.807) is 7.11 Å². The summed E-state index contributed by atoms with van der Waals surface area (Å²) < 4.78 is 5.47. The number of aryl methyl sites for hydroxylation is 2. The maximum absolute atomic E-state index is 5.77. The van der Waals surface area contributed by atoms with Crippen LogP contribution < -0.4 is 20.3 Å². The van der Waals surface area contributed by atoms with Gasteiger partial charge in [-0.1, -0.05) is 0 Å². The normalized spacial score (nSPS) is 13.7. The number of anilines is 3. The molecule has 2 aromatic carbocycles. The van der Waals surface area contributed by atoms with Crippen molar-refractivity contribution in [3.05, 3.63) is 47.5 Å². The SMILES string of the molecule is COc1c(C)cc(N2CCN(c3ccc(N)cc3)CC2)cc1C.Cl.Cl. The molecule has 0 radical (unpaired) electrons. The first-order valence-electron chi connectivity index (χ1n) is 8.09. The summed E-state index contributed by atoms with van der Waals surface area (Å²) in [5.41, 5.74) is 11.5. The first-order valence-corrected chi connectivity index (χ1v) is 8.09. The average Bonchev–Trinajstić information content (AvgIpc) is 2.55. The molecule has 1 fully saturated rings. The van der Waals surface area contributed by atoms with Crippen molar-refractivity contribution < 1.29 is 4.74 Å². The first kappa shape index (κ1) is 21.3. The summed E-state index contributed by atoms with van der Waals surface area (Å²) in [5, 5.41) is 0. The third-order valence-corrected chi connectivity index (χ3v) is 4.55. The lowest BCUT2D eigenvalue weighted by Crippen LogP contribution is -2.46. The number of nitrogen functional groups attached to an aromatic ring is 1. The summed E-state index contributed by atoms with van der Waals surface area (Å²) >= 11 is 0. The van der Waals surface area contributed by atoms with Crippen LogP contribution in [0.2, 0.25) is 0 Å². The Labute approximate surface area is 162 Å². The third kappa shape index (κ3) is 4.65. The molecule has 0 amide bonds. The molecule has 0 saturated carbocycles. The maximum Gasteiger partial charge on any atom is 0.124 e. The molecule has 1 saturated heterocycles. The van der Waals surface area contributed by atoms with Crippen LogP contribution in [0.3, 0.4) is 0 Å². The summed E-state index contributed by atoms with van der Waals surface area (Å²) in [6.07, 6.45) is 0. The second-order valence-corrected chi connectivity index (χ2v) is 6.18. The van der Waals surface area contributed by atoms with Crippen molar-refractivity contribution in [2.45, 2.75) is 13.8 Å². The van der Waals surface area contributed by atoms with E-state index in [9.17, 15) is 0 Å². The van der Waals surface area contributed by atoms with Crippen molar-refractivity contribution in [2.24, 2.45) is 0 Å². The Hall–Kier alpha value is -1.78. The molecule has 138 valence electrons. The minimum Gasteiger partial charge on any atom is -0.496 e. The van der Waals surface area contributed by atoms with Gasteiger partial charge in [0.2, 0.25) is 0 Å². The lowest BCUT2D eigenvalue weighted by molar-refractivity contribution is 0.408. The first-order chi connectivity index (χ1) is 11.1. The Morgan fingerprint density at radius 2 is 1.24 bits per heavy atom. The molecule has 0 unspecified atom stereocenters. The second kappa shape index (κ2) is 9.07. The van der Waals surface area contributed by atoms with E-state index >= 15 is 0 Å². The molecule has 1 heterocycles. The topological polar surface area (TPSA) is 41.7 Å². The lowest BCUT2D eigenvalue weighted by atomic mass is 10.1. The average molecular weight is 384 g/mol. The summed E-state index contributed by atoms with van der Waals surface area (Å²) in [4.78, 5) is 4.87. The van der Waals surface area contributed by atoms with Gasteiger partial charge in [0.05, 0.1) is 7.11 Å². The zero-order valence-corrected chi connectivity index (χ0v) is 16.6. The summed E-state index contributed by atoms with van der Waals surface area (Å²) in [6, 6.07) is 12.6. The van der Waals surface area contributed by atoms with Gasteiger partial charge in [0.25, 0.3) is 0 Å². The molecular formula is C19H27Cl2N3O. The predicted octanol–water partition coefficient (Wildman–Crippen LogP) is 4.06. The van der Waals surface area contributed by atoms with E-state index in [1.807, 2.05) is 12.1 Å². The van der Waals surface area contributed by atoms with E-state index in [2.05, 4.69) is 47.9 Å². The summed E-state index contributed by atoms with van der Waals surface area (Å²) in [5.74, 6) is 0.995. The van der Waals surface area contributed by atoms with Gasteiger partial charge in [0, 0.05) is 43.2 Å². The zero-order valence-electron chi connectivity index (χ0n) is 15.0. The van der Waals surface area contributed by atoms with E-state index in [1.165, 1.54) is 22.5 Å². The van der Waals surface area contributed by atoms with Gasteiger partial charge in [-0.15, -0.1) is 24.8 Å². The van der Waals surface area contributed by atoms with Crippen LogP contribution in [-0.2, 0) is 0 Å². The Morgan fingerprint density at radius 3 is 1.68 bits per heavy atom. The fourth-order valence-corrected chi connectivity index (χ4v) is 3.34. The highest BCUT2D eigenvalue weighted by Crippen LogP contribution is 2.30. The van der Waals surface area contributed by atoms with E-state index < -0.39 is 0 Å². The van der Waals surface area contributed by atoms with Gasteiger partial charge in [-0.2, -0.15) is 0 Å². The van der Waals surface area contributed by atoms with Crippen molar-refractivity contribution >= 4 is 41.9 Å². The van der Waals surface area contributed by atoms with Gasteiger partial charge in [-0.3, -0.25) is 0 Å². The van der Waals surface area contributed by atoms with Gasteiger partial charge < -0.3 is 20.3 Å². The molecule has 6 heteroatoms. The number of hydrogen-bond donors (Lipinski definition) is 1. The number of halogens is 2. The van der Waals surface area contributed by atoms with E-state index in [-0.39, 0.29) is 24.8 Å². The standard InChI is InChI=1S/C19H25N3O.2ClH/c1-14-12-18(13-15(2)19(14)23-3)22-10-8-21(9-11-22)17-6-4-16(20)5-7-17;;/h4-7,12-13H,8-11,20H2,1-3H3;2*1H. The fraction of sp³-hybridized carbons (Fsp3) is 0.368. The Balaban J connectivity index is 0.00000156. The molecule has 2 aromatic rings. The van der Waals surface area contributed by atoms with Crippen LogP contribution in [0.5, 0.6) is 5.75 Å². The molecule has 3 rings (SSSR count). The summed E-state index contributed by atoms with van der Waals surface area (Å²) in [7, 11) is 1.74. The molecule has 1 aliphatic rings. The Morgan fingerprint density at radius 1 is 0.800 bits per heavy atom. The van der Waals surface area contributed by atoms with E-state index in [4.69, 9.17) is 10.5 Å². The molecule has 4 nitrogen and oxygen atoms in total. The van der Waals surface area contributed by atoms with Gasteiger partial charge >= 0.3 is 0 Å². The van der Waals surface area contributed by atoms with E-state index in [0.717, 1.165) is 37.6 Å². The molecule has 0 atom stereocenters. The quantitative estimate of drug-likeness (QED) is 0.811. The molecule has 0 bridgehead atoms. The molecule has 0 spiro atoms. The monoisotopic (exact) mass is 383 g/mol. The molecule has 0 aliphatic carbocycles. The van der Waals surface area contributed by atoms with Gasteiger partial charge in [-0.05, 0) is 61.4 Å². The molecule has 1 aliphatic heterocycles. The number of ether oxygens (including phenoxy) is 1. The van der Waals surface area contributed by atoms with Crippen LogP contribution in [-0.4, -0.2) is 33.3 Å². The van der Waals surface area contributed by atoms with Crippen LogP contribution in [0.25, 0.3) is 0 Å². The van der Waals surface area contributed by atoms with Crippen molar-refractivity contribution in [2.75, 3.05) is 48.8 Å². The van der Waals surface area contributed by atoms with E-state index in [0.29, 0.717) is 0 Å². The zero-order chi connectivity index (χ0) is 16.4. The van der Waals surface area contributed by atoms with Crippen LogP contribution in [0, 0.1) is 13.8 Å². The van der Waals surface area contributed by atoms with Crippen molar-refractivity contribution in [1.82, 2.24) is 0 Å². The Bertz CT molecular complexity index is 661. The molecule has 25 heavy (non-hydrogen) atoms. The number of methoxy groups -OCH3 is 1. The smallest absolute Gasteiger partial charge is 0.124 e. The second-order valence-electron chi connectivity index (χ2n) is 6.18. The number of rotatable bonds is 3. The predicted molar refractivity (Wildman–Crippen MR) is 112 cm³/mol. The molecule has 2 N–H and O–H groups in total. The number of hydrogen-bond acceptors (Lipinski definition) is 4. The van der Waals surface area contributed by atoms with Crippen molar-refractivity contribution in [1.29, 1.82) is 0 Å². The van der Waals surface area contributed by atoms with Gasteiger partial charge in [0.15, 0.2) is 0 Å². The molecular weight excluding hydrogens is 357 g/mol. The van der Waals surface area contributed by atoms with Gasteiger partial charge in [-0.25, -0.2) is 0 Å². The lowest BCUT2D eigenvalue weighted by Gasteiger charge is -2.37.